The van der Waals surface area contributed by atoms with Crippen LogP contribution in [0.15, 0.2) is 47.6 Å². The number of carbonyl (C=O) groups excluding carboxylic acids is 3. The first kappa shape index (κ1) is 20.6. The molecule has 0 unspecified atom stereocenters. The maximum absolute atomic E-state index is 13.0. The first-order chi connectivity index (χ1) is 15.6. The van der Waals surface area contributed by atoms with Crippen LogP contribution in [0.25, 0.3) is 0 Å². The Morgan fingerprint density at radius 3 is 2.50 bits per heavy atom. The lowest BCUT2D eigenvalue weighted by atomic mass is 9.83. The van der Waals surface area contributed by atoms with Gasteiger partial charge in [-0.25, -0.2) is 4.98 Å². The fourth-order valence-corrected chi connectivity index (χ4v) is 5.10. The molecule has 5 rings (SSSR count). The lowest BCUT2D eigenvalue weighted by Gasteiger charge is -2.20. The molecule has 32 heavy (non-hydrogen) atoms. The second-order valence-electron chi connectivity index (χ2n) is 8.19. The minimum atomic E-state index is -0.287. The number of carbonyl (C=O) groups is 3. The van der Waals surface area contributed by atoms with E-state index < -0.39 is 0 Å². The van der Waals surface area contributed by atoms with E-state index in [1.165, 1.54) is 37.4 Å². The Labute approximate surface area is 189 Å². The number of anilines is 1. The molecule has 1 heterocycles. The highest BCUT2D eigenvalue weighted by Gasteiger charge is 2.31. The molecule has 7 nitrogen and oxygen atoms in total. The predicted molar refractivity (Wildman–Crippen MR) is 121 cm³/mol. The third-order valence-corrected chi connectivity index (χ3v) is 6.87. The van der Waals surface area contributed by atoms with Gasteiger partial charge in [0.05, 0.1) is 17.0 Å². The Morgan fingerprint density at radius 2 is 1.72 bits per heavy atom. The van der Waals surface area contributed by atoms with Crippen molar-refractivity contribution in [2.45, 2.75) is 37.3 Å². The lowest BCUT2D eigenvalue weighted by Crippen LogP contribution is -2.24. The first-order valence-electron chi connectivity index (χ1n) is 10.8. The van der Waals surface area contributed by atoms with Gasteiger partial charge in [0.25, 0.3) is 0 Å². The van der Waals surface area contributed by atoms with Crippen molar-refractivity contribution in [1.29, 1.82) is 0 Å². The number of nitrogens with one attached hydrogen (secondary N) is 2. The van der Waals surface area contributed by atoms with E-state index in [1.807, 2.05) is 0 Å². The summed E-state index contributed by atoms with van der Waals surface area (Å²) in [6.07, 6.45) is 5.93. The minimum absolute atomic E-state index is 0.100. The fraction of sp³-hybridized carbons (Fsp3) is 0.292. The molecule has 162 valence electrons. The summed E-state index contributed by atoms with van der Waals surface area (Å²) in [6, 6.07) is 11.7. The van der Waals surface area contributed by atoms with Gasteiger partial charge in [-0.3, -0.25) is 19.5 Å². The summed E-state index contributed by atoms with van der Waals surface area (Å²) >= 11 is 1.24. The molecule has 0 saturated heterocycles. The highest BCUT2D eigenvalue weighted by atomic mass is 32.2. The van der Waals surface area contributed by atoms with Crippen molar-refractivity contribution < 1.29 is 14.4 Å². The smallest absolute Gasteiger partial charge is 0.234 e. The van der Waals surface area contributed by atoms with Crippen LogP contribution in [0.2, 0.25) is 0 Å². The summed E-state index contributed by atoms with van der Waals surface area (Å²) in [6.45, 7) is 0. The molecule has 2 aliphatic carbocycles. The van der Waals surface area contributed by atoms with Gasteiger partial charge in [-0.15, -0.1) is 5.10 Å². The minimum Gasteiger partial charge on any atom is -0.325 e. The number of hydrogen-bond donors (Lipinski definition) is 2. The number of nitrogens with zero attached hydrogens (tertiary/aromatic N) is 2. The third kappa shape index (κ3) is 3.98. The fourth-order valence-electron chi connectivity index (χ4n) is 4.49. The second kappa shape index (κ2) is 8.70. The molecule has 1 amide bonds. The molecule has 0 radical (unpaired) electrons. The number of H-pyrrole nitrogens is 1. The van der Waals surface area contributed by atoms with Gasteiger partial charge in [0.15, 0.2) is 11.6 Å². The largest absolute Gasteiger partial charge is 0.325 e. The Kier molecular flexibility index (Phi) is 5.61. The molecular formula is C24H22N4O3S. The Balaban J connectivity index is 1.26. The van der Waals surface area contributed by atoms with Crippen LogP contribution in [0.4, 0.5) is 5.69 Å². The summed E-state index contributed by atoms with van der Waals surface area (Å²) in [5.41, 5.74) is 1.65. The SMILES string of the molecule is O=C(CSc1n[nH]c(CC2CCCC2)n1)Nc1cccc2c1C(=O)c1ccccc1C2=O. The molecule has 0 bridgehead atoms. The molecule has 0 spiro atoms. The maximum Gasteiger partial charge on any atom is 0.234 e. The molecular weight excluding hydrogens is 424 g/mol. The van der Waals surface area contributed by atoms with Crippen molar-refractivity contribution in [3.63, 3.8) is 0 Å². The van der Waals surface area contributed by atoms with E-state index in [4.69, 9.17) is 0 Å². The topological polar surface area (TPSA) is 105 Å². The summed E-state index contributed by atoms with van der Waals surface area (Å²) in [5.74, 6) is 0.867. The number of thioether (sulfide) groups is 1. The number of aromatic amines is 1. The summed E-state index contributed by atoms with van der Waals surface area (Å²) < 4.78 is 0. The summed E-state index contributed by atoms with van der Waals surface area (Å²) in [7, 11) is 0. The predicted octanol–water partition coefficient (Wildman–Crippen LogP) is 4.04. The molecule has 8 heteroatoms. The van der Waals surface area contributed by atoms with Crippen LogP contribution in [-0.2, 0) is 11.2 Å². The first-order valence-corrected chi connectivity index (χ1v) is 11.7. The molecule has 0 aliphatic heterocycles. The van der Waals surface area contributed by atoms with Crippen LogP contribution in [0.5, 0.6) is 0 Å². The zero-order valence-electron chi connectivity index (χ0n) is 17.4. The van der Waals surface area contributed by atoms with Crippen LogP contribution in [-0.4, -0.2) is 38.4 Å². The van der Waals surface area contributed by atoms with Crippen molar-refractivity contribution >= 4 is 34.9 Å². The molecule has 3 aromatic rings. The normalized spacial score (nSPS) is 15.5. The van der Waals surface area contributed by atoms with Gasteiger partial charge in [-0.2, -0.15) is 0 Å². The van der Waals surface area contributed by atoms with Crippen LogP contribution in [0, 0.1) is 5.92 Å². The molecule has 1 fully saturated rings. The van der Waals surface area contributed by atoms with Crippen molar-refractivity contribution in [2.24, 2.45) is 5.92 Å². The Bertz CT molecular complexity index is 1210. The quantitative estimate of drug-likeness (QED) is 0.433. The van der Waals surface area contributed by atoms with Gasteiger partial charge in [0.2, 0.25) is 11.1 Å². The molecule has 2 N–H and O–H groups in total. The number of ketones is 2. The van der Waals surface area contributed by atoms with Crippen LogP contribution >= 0.6 is 11.8 Å². The summed E-state index contributed by atoms with van der Waals surface area (Å²) in [4.78, 5) is 43.0. The molecule has 0 atom stereocenters. The van der Waals surface area contributed by atoms with Gasteiger partial charge in [-0.05, 0) is 12.0 Å². The number of benzene rings is 2. The van der Waals surface area contributed by atoms with E-state index in [9.17, 15) is 14.4 Å². The average Bonchev–Trinajstić information content (AvgIpc) is 3.48. The number of aromatic nitrogens is 3. The molecule has 1 saturated carbocycles. The number of amides is 1. The zero-order chi connectivity index (χ0) is 22.1. The zero-order valence-corrected chi connectivity index (χ0v) is 18.2. The Hall–Kier alpha value is -3.26. The monoisotopic (exact) mass is 446 g/mol. The van der Waals surface area contributed by atoms with E-state index in [-0.39, 0.29) is 28.8 Å². The van der Waals surface area contributed by atoms with Crippen molar-refractivity contribution in [3.8, 4) is 0 Å². The number of fused-ring (bicyclic) bond motifs is 2. The highest BCUT2D eigenvalue weighted by Crippen LogP contribution is 2.32. The standard InChI is InChI=1S/C24H22N4O3S/c29-20(13-32-24-26-19(27-28-24)12-14-6-1-2-7-14)25-18-11-5-10-17-21(18)23(31)16-9-4-3-8-15(16)22(17)30/h3-5,8-11,14H,1-2,6-7,12-13H2,(H,25,29)(H,26,27,28). The van der Waals surface area contributed by atoms with E-state index in [2.05, 4.69) is 20.5 Å². The molecule has 2 aliphatic rings. The van der Waals surface area contributed by atoms with Gasteiger partial charge >= 0.3 is 0 Å². The van der Waals surface area contributed by atoms with E-state index in [0.29, 0.717) is 33.5 Å². The Morgan fingerprint density at radius 1 is 1.00 bits per heavy atom. The van der Waals surface area contributed by atoms with Crippen LogP contribution in [0.3, 0.4) is 0 Å². The van der Waals surface area contributed by atoms with Gasteiger partial charge < -0.3 is 5.32 Å². The van der Waals surface area contributed by atoms with E-state index in [0.717, 1.165) is 12.2 Å². The molecule has 1 aromatic heterocycles. The van der Waals surface area contributed by atoms with Crippen LogP contribution in [0.1, 0.15) is 63.4 Å². The maximum atomic E-state index is 13.0. The van der Waals surface area contributed by atoms with Crippen molar-refractivity contribution in [3.05, 3.63) is 70.5 Å². The van der Waals surface area contributed by atoms with Gasteiger partial charge in [0.1, 0.15) is 5.82 Å². The lowest BCUT2D eigenvalue weighted by molar-refractivity contribution is -0.113. The van der Waals surface area contributed by atoms with Crippen molar-refractivity contribution in [1.82, 2.24) is 15.2 Å². The molecule has 2 aromatic carbocycles. The number of hydrogen-bond acceptors (Lipinski definition) is 6. The van der Waals surface area contributed by atoms with Gasteiger partial charge in [-0.1, -0.05) is 73.8 Å². The third-order valence-electron chi connectivity index (χ3n) is 6.03. The van der Waals surface area contributed by atoms with Crippen LogP contribution < -0.4 is 5.32 Å². The van der Waals surface area contributed by atoms with Gasteiger partial charge in [0, 0.05) is 23.1 Å². The van der Waals surface area contributed by atoms with E-state index >= 15 is 0 Å². The summed E-state index contributed by atoms with van der Waals surface area (Å²) in [5, 5.41) is 10.5. The highest BCUT2D eigenvalue weighted by molar-refractivity contribution is 7.99. The average molecular weight is 447 g/mol. The van der Waals surface area contributed by atoms with E-state index in [1.54, 1.807) is 42.5 Å². The number of rotatable bonds is 6. The van der Waals surface area contributed by atoms with Crippen molar-refractivity contribution in [2.75, 3.05) is 11.1 Å². The second-order valence-corrected chi connectivity index (χ2v) is 9.13.